The summed E-state index contributed by atoms with van der Waals surface area (Å²) >= 11 is 0. The summed E-state index contributed by atoms with van der Waals surface area (Å²) in [6.07, 6.45) is 0.643. The molecule has 0 aliphatic heterocycles. The van der Waals surface area contributed by atoms with Crippen molar-refractivity contribution in [3.05, 3.63) is 48.0 Å². The van der Waals surface area contributed by atoms with Gasteiger partial charge in [0.1, 0.15) is 0 Å². The van der Waals surface area contributed by atoms with Crippen LogP contribution in [0.15, 0.2) is 42.5 Å². The smallest absolute Gasteiger partial charge is 0.184 e. The summed E-state index contributed by atoms with van der Waals surface area (Å²) < 4.78 is 22.2. The number of benzene rings is 2. The van der Waals surface area contributed by atoms with Gasteiger partial charge in [-0.1, -0.05) is 49.4 Å². The third-order valence-electron chi connectivity index (χ3n) is 3.51. The van der Waals surface area contributed by atoms with Crippen molar-refractivity contribution in [3.63, 3.8) is 0 Å². The van der Waals surface area contributed by atoms with Crippen LogP contribution in [-0.2, 0) is 18.9 Å². The molecule has 0 spiro atoms. The fraction of sp³-hybridized carbons (Fsp3) is 0.474. The Kier molecular flexibility index (Phi) is 8.04. The second-order valence-corrected chi connectivity index (χ2v) is 5.23. The predicted molar refractivity (Wildman–Crippen MR) is 91.6 cm³/mol. The quantitative estimate of drug-likeness (QED) is 0.464. The standard InChI is InChI=1S/C19H26O4/c1-3-11-21-12-13-22-14-15-23-19(20-2)18-10-6-8-16-7-4-5-9-17(16)18/h4-10,19H,3,11-15H2,1-2H3. The van der Waals surface area contributed by atoms with Gasteiger partial charge in [-0.2, -0.15) is 0 Å². The Bertz CT molecular complexity index is 565. The lowest BCUT2D eigenvalue weighted by atomic mass is 10.0. The molecule has 0 aromatic heterocycles. The lowest BCUT2D eigenvalue weighted by molar-refractivity contribution is -0.137. The number of methoxy groups -OCH3 is 1. The second kappa shape index (κ2) is 10.3. The van der Waals surface area contributed by atoms with Crippen molar-refractivity contribution in [3.8, 4) is 0 Å². The number of hydrogen-bond acceptors (Lipinski definition) is 4. The lowest BCUT2D eigenvalue weighted by Crippen LogP contribution is -2.13. The van der Waals surface area contributed by atoms with Gasteiger partial charge in [0, 0.05) is 19.3 Å². The summed E-state index contributed by atoms with van der Waals surface area (Å²) in [7, 11) is 1.66. The zero-order chi connectivity index (χ0) is 16.3. The molecule has 1 atom stereocenters. The molecule has 0 N–H and O–H groups in total. The molecule has 0 fully saturated rings. The van der Waals surface area contributed by atoms with Crippen LogP contribution in [0.2, 0.25) is 0 Å². The van der Waals surface area contributed by atoms with E-state index in [0.717, 1.165) is 24.0 Å². The summed E-state index contributed by atoms with van der Waals surface area (Å²) in [5.41, 5.74) is 1.04. The van der Waals surface area contributed by atoms with Gasteiger partial charge < -0.3 is 18.9 Å². The molecule has 1 unspecified atom stereocenters. The van der Waals surface area contributed by atoms with E-state index < -0.39 is 0 Å². The van der Waals surface area contributed by atoms with Crippen molar-refractivity contribution in [2.75, 3.05) is 40.1 Å². The van der Waals surface area contributed by atoms with Crippen LogP contribution >= 0.6 is 0 Å². The first kappa shape index (κ1) is 17.9. The van der Waals surface area contributed by atoms with E-state index in [2.05, 4.69) is 25.1 Å². The molecule has 0 saturated carbocycles. The highest BCUT2D eigenvalue weighted by atomic mass is 16.7. The van der Waals surface area contributed by atoms with Crippen molar-refractivity contribution in [2.45, 2.75) is 19.6 Å². The van der Waals surface area contributed by atoms with Crippen LogP contribution in [0.25, 0.3) is 10.8 Å². The highest BCUT2D eigenvalue weighted by molar-refractivity contribution is 5.85. The molecule has 0 aliphatic rings. The van der Waals surface area contributed by atoms with Crippen molar-refractivity contribution >= 4 is 10.8 Å². The molecule has 0 bridgehead atoms. The molecule has 0 radical (unpaired) electrons. The Hall–Kier alpha value is -1.46. The van der Waals surface area contributed by atoms with E-state index in [1.165, 1.54) is 5.39 Å². The van der Waals surface area contributed by atoms with E-state index in [-0.39, 0.29) is 6.29 Å². The molecule has 0 amide bonds. The first-order chi connectivity index (χ1) is 11.4. The molecule has 2 rings (SSSR count). The number of fused-ring (bicyclic) bond motifs is 1. The van der Waals surface area contributed by atoms with Crippen LogP contribution in [0, 0.1) is 0 Å². The fourth-order valence-electron chi connectivity index (χ4n) is 2.42. The van der Waals surface area contributed by atoms with E-state index >= 15 is 0 Å². The SMILES string of the molecule is CCCOCCOCCOC(OC)c1cccc2ccccc12. The van der Waals surface area contributed by atoms with Gasteiger partial charge in [-0.15, -0.1) is 0 Å². The van der Waals surface area contributed by atoms with Gasteiger partial charge in [0.2, 0.25) is 0 Å². The molecule has 4 heteroatoms. The molecule has 23 heavy (non-hydrogen) atoms. The first-order valence-corrected chi connectivity index (χ1v) is 8.14. The topological polar surface area (TPSA) is 36.9 Å². The Balaban J connectivity index is 1.81. The van der Waals surface area contributed by atoms with E-state index in [1.54, 1.807) is 7.11 Å². The molecular formula is C19H26O4. The van der Waals surface area contributed by atoms with Gasteiger partial charge in [-0.25, -0.2) is 0 Å². The highest BCUT2D eigenvalue weighted by Crippen LogP contribution is 2.26. The maximum absolute atomic E-state index is 5.83. The van der Waals surface area contributed by atoms with E-state index in [4.69, 9.17) is 18.9 Å². The molecule has 4 nitrogen and oxygen atoms in total. The molecule has 0 saturated heterocycles. The minimum atomic E-state index is -0.388. The van der Waals surface area contributed by atoms with Gasteiger partial charge in [-0.05, 0) is 17.2 Å². The molecule has 0 aliphatic carbocycles. The second-order valence-electron chi connectivity index (χ2n) is 5.23. The molecular weight excluding hydrogens is 292 g/mol. The van der Waals surface area contributed by atoms with Gasteiger partial charge in [0.05, 0.1) is 26.4 Å². The lowest BCUT2D eigenvalue weighted by Gasteiger charge is -2.18. The summed E-state index contributed by atoms with van der Waals surface area (Å²) in [6.45, 7) is 5.11. The minimum absolute atomic E-state index is 0.388. The first-order valence-electron chi connectivity index (χ1n) is 8.14. The van der Waals surface area contributed by atoms with Crippen molar-refractivity contribution < 1.29 is 18.9 Å². The van der Waals surface area contributed by atoms with E-state index in [1.807, 2.05) is 24.3 Å². The Labute approximate surface area is 138 Å². The Morgan fingerprint density at radius 1 is 0.826 bits per heavy atom. The van der Waals surface area contributed by atoms with Gasteiger partial charge >= 0.3 is 0 Å². The molecule has 0 heterocycles. The number of hydrogen-bond donors (Lipinski definition) is 0. The molecule has 2 aromatic rings. The van der Waals surface area contributed by atoms with Crippen LogP contribution in [0.3, 0.4) is 0 Å². The van der Waals surface area contributed by atoms with Crippen molar-refractivity contribution in [1.82, 2.24) is 0 Å². The van der Waals surface area contributed by atoms with Gasteiger partial charge in [0.25, 0.3) is 0 Å². The maximum atomic E-state index is 5.83. The average Bonchev–Trinajstić information content (AvgIpc) is 2.60. The average molecular weight is 318 g/mol. The van der Waals surface area contributed by atoms with Crippen molar-refractivity contribution in [2.24, 2.45) is 0 Å². The highest BCUT2D eigenvalue weighted by Gasteiger charge is 2.13. The van der Waals surface area contributed by atoms with Crippen LogP contribution < -0.4 is 0 Å². The molecule has 2 aromatic carbocycles. The van der Waals surface area contributed by atoms with Crippen molar-refractivity contribution in [1.29, 1.82) is 0 Å². The summed E-state index contributed by atoms with van der Waals surface area (Å²) in [5.74, 6) is 0. The zero-order valence-electron chi connectivity index (χ0n) is 14.0. The largest absolute Gasteiger partial charge is 0.379 e. The summed E-state index contributed by atoms with van der Waals surface area (Å²) in [5, 5.41) is 2.33. The summed E-state index contributed by atoms with van der Waals surface area (Å²) in [4.78, 5) is 0. The Morgan fingerprint density at radius 3 is 2.30 bits per heavy atom. The monoisotopic (exact) mass is 318 g/mol. The molecule has 126 valence electrons. The van der Waals surface area contributed by atoms with Crippen LogP contribution in [0.5, 0.6) is 0 Å². The van der Waals surface area contributed by atoms with Crippen LogP contribution in [0.4, 0.5) is 0 Å². The fourth-order valence-corrected chi connectivity index (χ4v) is 2.42. The number of rotatable bonds is 11. The normalized spacial score (nSPS) is 12.6. The zero-order valence-corrected chi connectivity index (χ0v) is 14.0. The number of ether oxygens (including phenoxy) is 4. The predicted octanol–water partition coefficient (Wildman–Crippen LogP) is 3.94. The summed E-state index contributed by atoms with van der Waals surface area (Å²) in [6, 6.07) is 14.4. The third-order valence-corrected chi connectivity index (χ3v) is 3.51. The third kappa shape index (κ3) is 5.59. The minimum Gasteiger partial charge on any atom is -0.379 e. The Morgan fingerprint density at radius 2 is 1.52 bits per heavy atom. The van der Waals surface area contributed by atoms with E-state index in [9.17, 15) is 0 Å². The van der Waals surface area contributed by atoms with Gasteiger partial charge in [0.15, 0.2) is 6.29 Å². The van der Waals surface area contributed by atoms with E-state index in [0.29, 0.717) is 26.4 Å². The van der Waals surface area contributed by atoms with Crippen LogP contribution in [-0.4, -0.2) is 40.1 Å². The van der Waals surface area contributed by atoms with Gasteiger partial charge in [-0.3, -0.25) is 0 Å². The maximum Gasteiger partial charge on any atom is 0.184 e. The van der Waals surface area contributed by atoms with Crippen LogP contribution in [0.1, 0.15) is 25.2 Å².